The fraction of sp³-hybridized carbons (Fsp3) is 0.389. The average Bonchev–Trinajstić information content (AvgIpc) is 3.30. The smallest absolute Gasteiger partial charge is 0.269 e. The molecule has 0 atom stereocenters. The maximum absolute atomic E-state index is 12.5. The number of rotatable bonds is 5. The van der Waals surface area contributed by atoms with Crippen molar-refractivity contribution in [3.05, 3.63) is 48.5 Å². The van der Waals surface area contributed by atoms with Crippen LogP contribution in [0.2, 0.25) is 0 Å². The summed E-state index contributed by atoms with van der Waals surface area (Å²) < 4.78 is 3.93. The van der Waals surface area contributed by atoms with Crippen molar-refractivity contribution in [3.8, 4) is 0 Å². The van der Waals surface area contributed by atoms with Gasteiger partial charge in [0.2, 0.25) is 0 Å². The molecule has 1 aliphatic rings. The standard InChI is InChI=1S/C18H22N6O/c25-18(17-7-10-22-24(17)14-5-8-19-9-6-14)20-11-12-23-13-21-15-3-1-2-4-16(15)23/h1-4,7,10,13-14,19H,5-6,8-9,11-12H2,(H,20,25). The Balaban J connectivity index is 1.39. The summed E-state index contributed by atoms with van der Waals surface area (Å²) >= 11 is 0. The summed E-state index contributed by atoms with van der Waals surface area (Å²) in [6.45, 7) is 3.18. The Hall–Kier alpha value is -2.67. The SMILES string of the molecule is O=C(NCCn1cnc2ccccc21)c1ccnn1C1CCNCC1. The topological polar surface area (TPSA) is 76.8 Å². The monoisotopic (exact) mass is 338 g/mol. The number of aromatic nitrogens is 4. The molecule has 0 unspecified atom stereocenters. The van der Waals surface area contributed by atoms with Gasteiger partial charge >= 0.3 is 0 Å². The Morgan fingerprint density at radius 3 is 2.96 bits per heavy atom. The van der Waals surface area contributed by atoms with Gasteiger partial charge in [0.15, 0.2) is 0 Å². The van der Waals surface area contributed by atoms with Gasteiger partial charge in [-0.1, -0.05) is 12.1 Å². The highest BCUT2D eigenvalue weighted by atomic mass is 16.2. The fourth-order valence-corrected chi connectivity index (χ4v) is 3.41. The van der Waals surface area contributed by atoms with Gasteiger partial charge < -0.3 is 15.2 Å². The molecule has 130 valence electrons. The number of nitrogens with zero attached hydrogens (tertiary/aromatic N) is 4. The number of hydrogen-bond donors (Lipinski definition) is 2. The first kappa shape index (κ1) is 15.8. The largest absolute Gasteiger partial charge is 0.349 e. The van der Waals surface area contributed by atoms with Crippen LogP contribution < -0.4 is 10.6 Å². The van der Waals surface area contributed by atoms with Gasteiger partial charge in [0.1, 0.15) is 5.69 Å². The molecule has 3 heterocycles. The Morgan fingerprint density at radius 2 is 2.08 bits per heavy atom. The molecule has 7 heteroatoms. The lowest BCUT2D eigenvalue weighted by molar-refractivity contribution is 0.0937. The van der Waals surface area contributed by atoms with Crippen LogP contribution in [-0.4, -0.2) is 44.9 Å². The van der Waals surface area contributed by atoms with E-state index >= 15 is 0 Å². The number of fused-ring (bicyclic) bond motifs is 1. The quantitative estimate of drug-likeness (QED) is 0.741. The summed E-state index contributed by atoms with van der Waals surface area (Å²) in [5.74, 6) is -0.0690. The lowest BCUT2D eigenvalue weighted by Crippen LogP contribution is -2.34. The van der Waals surface area contributed by atoms with E-state index in [1.54, 1.807) is 12.3 Å². The molecule has 2 N–H and O–H groups in total. The molecular weight excluding hydrogens is 316 g/mol. The van der Waals surface area contributed by atoms with E-state index in [1.807, 2.05) is 35.3 Å². The number of imidazole rings is 1. The van der Waals surface area contributed by atoms with E-state index in [4.69, 9.17) is 0 Å². The van der Waals surface area contributed by atoms with Gasteiger partial charge in [0, 0.05) is 19.3 Å². The Morgan fingerprint density at radius 1 is 1.24 bits per heavy atom. The van der Waals surface area contributed by atoms with Crippen molar-refractivity contribution in [1.29, 1.82) is 0 Å². The maximum Gasteiger partial charge on any atom is 0.269 e. The van der Waals surface area contributed by atoms with Crippen LogP contribution in [0.3, 0.4) is 0 Å². The number of amides is 1. The molecule has 3 aromatic rings. The van der Waals surface area contributed by atoms with Gasteiger partial charge in [-0.2, -0.15) is 5.10 Å². The molecule has 2 aromatic heterocycles. The van der Waals surface area contributed by atoms with E-state index in [0.717, 1.165) is 37.0 Å². The molecule has 0 radical (unpaired) electrons. The Bertz CT molecular complexity index is 861. The maximum atomic E-state index is 12.5. The second-order valence-corrected chi connectivity index (χ2v) is 6.32. The number of carbonyl (C=O) groups excluding carboxylic acids is 1. The zero-order chi connectivity index (χ0) is 17.1. The van der Waals surface area contributed by atoms with Crippen LogP contribution in [0, 0.1) is 0 Å². The predicted octanol–water partition coefficient (Wildman–Crippen LogP) is 1.59. The van der Waals surface area contributed by atoms with Gasteiger partial charge in [0.05, 0.1) is 23.4 Å². The number of piperidine rings is 1. The van der Waals surface area contributed by atoms with Crippen LogP contribution in [0.5, 0.6) is 0 Å². The van der Waals surface area contributed by atoms with Crippen LogP contribution in [0.4, 0.5) is 0 Å². The molecule has 0 spiro atoms. The minimum Gasteiger partial charge on any atom is -0.349 e. The third kappa shape index (κ3) is 3.28. The highest BCUT2D eigenvalue weighted by molar-refractivity contribution is 5.92. The first-order valence-corrected chi connectivity index (χ1v) is 8.75. The number of benzene rings is 1. The fourth-order valence-electron chi connectivity index (χ4n) is 3.41. The van der Waals surface area contributed by atoms with Crippen molar-refractivity contribution in [2.24, 2.45) is 0 Å². The molecule has 1 aliphatic heterocycles. The minimum atomic E-state index is -0.0690. The first-order valence-electron chi connectivity index (χ1n) is 8.75. The molecular formula is C18H22N6O. The van der Waals surface area contributed by atoms with Gasteiger partial charge in [-0.25, -0.2) is 4.98 Å². The van der Waals surface area contributed by atoms with Gasteiger partial charge in [0.25, 0.3) is 5.91 Å². The molecule has 1 saturated heterocycles. The molecule has 7 nitrogen and oxygen atoms in total. The highest BCUT2D eigenvalue weighted by Gasteiger charge is 2.21. The van der Waals surface area contributed by atoms with Crippen LogP contribution in [0.1, 0.15) is 29.4 Å². The zero-order valence-corrected chi connectivity index (χ0v) is 14.1. The number of nitrogens with one attached hydrogen (secondary N) is 2. The second kappa shape index (κ2) is 7.06. The second-order valence-electron chi connectivity index (χ2n) is 6.32. The van der Waals surface area contributed by atoms with Crippen LogP contribution in [0.25, 0.3) is 11.0 Å². The molecule has 4 rings (SSSR count). The van der Waals surface area contributed by atoms with Gasteiger partial charge in [-0.3, -0.25) is 9.48 Å². The normalized spacial score (nSPS) is 15.5. The lowest BCUT2D eigenvalue weighted by Gasteiger charge is -2.24. The third-order valence-electron chi connectivity index (χ3n) is 4.72. The van der Waals surface area contributed by atoms with Crippen molar-refractivity contribution < 1.29 is 4.79 Å². The lowest BCUT2D eigenvalue weighted by atomic mass is 10.1. The van der Waals surface area contributed by atoms with Crippen molar-refractivity contribution in [2.75, 3.05) is 19.6 Å². The summed E-state index contributed by atoms with van der Waals surface area (Å²) in [5.41, 5.74) is 2.69. The number of para-hydroxylation sites is 2. The summed E-state index contributed by atoms with van der Waals surface area (Å²) in [6, 6.07) is 10.1. The van der Waals surface area contributed by atoms with E-state index in [0.29, 0.717) is 24.8 Å². The van der Waals surface area contributed by atoms with Crippen molar-refractivity contribution >= 4 is 16.9 Å². The Labute approximate surface area is 146 Å². The van der Waals surface area contributed by atoms with E-state index in [-0.39, 0.29) is 5.91 Å². The van der Waals surface area contributed by atoms with Crippen molar-refractivity contribution in [3.63, 3.8) is 0 Å². The molecule has 25 heavy (non-hydrogen) atoms. The number of carbonyl (C=O) groups is 1. The van der Waals surface area contributed by atoms with Crippen LogP contribution >= 0.6 is 0 Å². The zero-order valence-electron chi connectivity index (χ0n) is 14.1. The van der Waals surface area contributed by atoms with Crippen LogP contribution in [0.15, 0.2) is 42.9 Å². The Kier molecular flexibility index (Phi) is 4.47. The molecule has 0 bridgehead atoms. The van der Waals surface area contributed by atoms with Gasteiger partial charge in [-0.15, -0.1) is 0 Å². The van der Waals surface area contributed by atoms with E-state index in [2.05, 4.69) is 25.3 Å². The van der Waals surface area contributed by atoms with E-state index < -0.39 is 0 Å². The molecule has 1 fully saturated rings. The number of hydrogen-bond acceptors (Lipinski definition) is 4. The first-order chi connectivity index (χ1) is 12.3. The summed E-state index contributed by atoms with van der Waals surface area (Å²) in [5, 5.41) is 10.7. The predicted molar refractivity (Wildman–Crippen MR) is 95.4 cm³/mol. The van der Waals surface area contributed by atoms with E-state index in [1.165, 1.54) is 0 Å². The van der Waals surface area contributed by atoms with Crippen molar-refractivity contribution in [2.45, 2.75) is 25.4 Å². The minimum absolute atomic E-state index is 0.0690. The molecule has 0 aliphatic carbocycles. The molecule has 0 saturated carbocycles. The average molecular weight is 338 g/mol. The summed E-state index contributed by atoms with van der Waals surface area (Å²) in [6.07, 6.45) is 5.53. The third-order valence-corrected chi connectivity index (χ3v) is 4.72. The highest BCUT2D eigenvalue weighted by Crippen LogP contribution is 2.19. The summed E-state index contributed by atoms with van der Waals surface area (Å²) in [4.78, 5) is 16.9. The van der Waals surface area contributed by atoms with Crippen molar-refractivity contribution in [1.82, 2.24) is 30.0 Å². The molecule has 1 aromatic carbocycles. The molecule has 1 amide bonds. The summed E-state index contributed by atoms with van der Waals surface area (Å²) in [7, 11) is 0. The van der Waals surface area contributed by atoms with Gasteiger partial charge in [-0.05, 0) is 44.1 Å². The van der Waals surface area contributed by atoms with Crippen LogP contribution in [-0.2, 0) is 6.54 Å². The van der Waals surface area contributed by atoms with E-state index in [9.17, 15) is 4.79 Å².